The third kappa shape index (κ3) is 2.27. The number of rotatable bonds is 2. The van der Waals surface area contributed by atoms with Crippen molar-refractivity contribution in [1.29, 1.82) is 5.26 Å². The third-order valence-electron chi connectivity index (χ3n) is 4.79. The Morgan fingerprint density at radius 3 is 2.77 bits per heavy atom. The van der Waals surface area contributed by atoms with Crippen LogP contribution in [0.15, 0.2) is 12.1 Å². The first-order valence-electron chi connectivity index (χ1n) is 7.38. The summed E-state index contributed by atoms with van der Waals surface area (Å²) in [5.41, 5.74) is -0.645. The highest BCUT2D eigenvalue weighted by Gasteiger charge is 2.54. The molecular formula is C16H19ClN2O3. The van der Waals surface area contributed by atoms with Crippen molar-refractivity contribution >= 4 is 17.3 Å². The van der Waals surface area contributed by atoms with Crippen molar-refractivity contribution in [1.82, 2.24) is 0 Å². The monoisotopic (exact) mass is 322 g/mol. The maximum atomic E-state index is 11.0. The number of hydrogen-bond acceptors (Lipinski definition) is 5. The molecule has 0 radical (unpaired) electrons. The van der Waals surface area contributed by atoms with E-state index in [0.717, 1.165) is 6.42 Å². The number of nitrogens with zero attached hydrogens (tertiary/aromatic N) is 2. The number of benzene rings is 1. The molecule has 2 fully saturated rings. The molecule has 1 aromatic carbocycles. The van der Waals surface area contributed by atoms with Crippen LogP contribution in [0.3, 0.4) is 0 Å². The van der Waals surface area contributed by atoms with Gasteiger partial charge in [0, 0.05) is 23.7 Å². The van der Waals surface area contributed by atoms with E-state index in [1.54, 1.807) is 19.1 Å². The fourth-order valence-corrected chi connectivity index (χ4v) is 4.30. The van der Waals surface area contributed by atoms with E-state index in [1.807, 2.05) is 11.0 Å². The average Bonchev–Trinajstić information content (AvgIpc) is 2.66. The van der Waals surface area contributed by atoms with Crippen LogP contribution in [0.1, 0.15) is 43.7 Å². The van der Waals surface area contributed by atoms with Gasteiger partial charge in [0.1, 0.15) is 11.8 Å². The van der Waals surface area contributed by atoms with Crippen molar-refractivity contribution in [2.24, 2.45) is 0 Å². The van der Waals surface area contributed by atoms with Gasteiger partial charge in [-0.15, -0.1) is 0 Å². The van der Waals surface area contributed by atoms with Crippen LogP contribution < -0.4 is 4.90 Å². The minimum absolute atomic E-state index is 0.0111. The molecule has 1 aromatic rings. The van der Waals surface area contributed by atoms with Crippen molar-refractivity contribution in [2.75, 3.05) is 4.90 Å². The molecule has 0 aliphatic carbocycles. The predicted molar refractivity (Wildman–Crippen MR) is 82.4 cm³/mol. The van der Waals surface area contributed by atoms with Crippen molar-refractivity contribution in [2.45, 2.75) is 56.6 Å². The Hall–Kier alpha value is -1.32. The first kappa shape index (κ1) is 15.6. The lowest BCUT2D eigenvalue weighted by Crippen LogP contribution is -2.58. The molecule has 0 unspecified atom stereocenters. The van der Waals surface area contributed by atoms with Gasteiger partial charge in [-0.3, -0.25) is 0 Å². The van der Waals surface area contributed by atoms with Gasteiger partial charge >= 0.3 is 0 Å². The largest absolute Gasteiger partial charge is 0.392 e. The van der Waals surface area contributed by atoms with Crippen LogP contribution in [0.2, 0.25) is 5.02 Å². The second kappa shape index (κ2) is 5.10. The van der Waals surface area contributed by atoms with Crippen molar-refractivity contribution in [3.05, 3.63) is 28.3 Å². The van der Waals surface area contributed by atoms with E-state index in [1.165, 1.54) is 0 Å². The normalized spacial score (nSPS) is 33.8. The van der Waals surface area contributed by atoms with E-state index in [0.29, 0.717) is 29.7 Å². The van der Waals surface area contributed by atoms with E-state index in [4.69, 9.17) is 16.9 Å². The fourth-order valence-electron chi connectivity index (χ4n) is 4.04. The Kier molecular flexibility index (Phi) is 3.61. The highest BCUT2D eigenvalue weighted by atomic mass is 35.5. The SMILES string of the molecule is C[C@]1(O)C[C@H]2CC[C@@](O)(C1)N2c1ccc(C#N)c(Cl)c1CO. The zero-order valence-electron chi connectivity index (χ0n) is 12.4. The highest BCUT2D eigenvalue weighted by Crippen LogP contribution is 2.50. The number of hydrogen-bond donors (Lipinski definition) is 3. The van der Waals surface area contributed by atoms with Crippen molar-refractivity contribution in [3.63, 3.8) is 0 Å². The van der Waals surface area contributed by atoms with Gasteiger partial charge in [0.05, 0.1) is 22.8 Å². The summed E-state index contributed by atoms with van der Waals surface area (Å²) < 4.78 is 0. The lowest BCUT2D eigenvalue weighted by atomic mass is 9.85. The van der Waals surface area contributed by atoms with Gasteiger partial charge in [0.15, 0.2) is 0 Å². The third-order valence-corrected chi connectivity index (χ3v) is 5.22. The number of aliphatic hydroxyl groups is 3. The van der Waals surface area contributed by atoms with Gasteiger partial charge < -0.3 is 20.2 Å². The van der Waals surface area contributed by atoms with E-state index in [2.05, 4.69) is 0 Å². The van der Waals surface area contributed by atoms with Crippen LogP contribution in [-0.4, -0.2) is 32.7 Å². The highest BCUT2D eigenvalue weighted by molar-refractivity contribution is 6.33. The molecule has 2 aliphatic rings. The molecule has 22 heavy (non-hydrogen) atoms. The summed E-state index contributed by atoms with van der Waals surface area (Å²) >= 11 is 6.21. The Morgan fingerprint density at radius 2 is 2.18 bits per heavy atom. The summed E-state index contributed by atoms with van der Waals surface area (Å²) in [5, 5.41) is 40.3. The van der Waals surface area contributed by atoms with Crippen LogP contribution in [-0.2, 0) is 6.61 Å². The van der Waals surface area contributed by atoms with Crippen LogP contribution in [0.25, 0.3) is 0 Å². The molecule has 2 bridgehead atoms. The molecule has 3 atom stereocenters. The predicted octanol–water partition coefficient (Wildman–Crippen LogP) is 1.91. The minimum Gasteiger partial charge on any atom is -0.392 e. The Morgan fingerprint density at radius 1 is 1.45 bits per heavy atom. The molecule has 0 saturated carbocycles. The van der Waals surface area contributed by atoms with E-state index in [9.17, 15) is 15.3 Å². The van der Waals surface area contributed by atoms with Gasteiger partial charge in [-0.05, 0) is 38.3 Å². The molecule has 6 heteroatoms. The van der Waals surface area contributed by atoms with Crippen LogP contribution in [0, 0.1) is 11.3 Å². The molecule has 0 aromatic heterocycles. The smallest absolute Gasteiger partial charge is 0.141 e. The van der Waals surface area contributed by atoms with Crippen LogP contribution in [0.5, 0.6) is 0 Å². The fraction of sp³-hybridized carbons (Fsp3) is 0.562. The minimum atomic E-state index is -1.15. The van der Waals surface area contributed by atoms with Gasteiger partial charge in [-0.1, -0.05) is 11.6 Å². The van der Waals surface area contributed by atoms with Crippen molar-refractivity contribution in [3.8, 4) is 6.07 Å². The second-order valence-electron chi connectivity index (χ2n) is 6.62. The lowest BCUT2D eigenvalue weighted by molar-refractivity contribution is -0.0731. The molecule has 2 saturated heterocycles. The summed E-state index contributed by atoms with van der Waals surface area (Å²) in [5.74, 6) is 0. The molecule has 0 amide bonds. The molecule has 5 nitrogen and oxygen atoms in total. The quantitative estimate of drug-likeness (QED) is 0.774. The molecular weight excluding hydrogens is 304 g/mol. The number of aliphatic hydroxyl groups excluding tert-OH is 1. The zero-order chi connectivity index (χ0) is 16.1. The Labute approximate surface area is 134 Å². The summed E-state index contributed by atoms with van der Waals surface area (Å²) in [4.78, 5) is 1.86. The lowest BCUT2D eigenvalue weighted by Gasteiger charge is -2.49. The standard InChI is InChI=1S/C16H19ClN2O3/c1-15(21)6-11-4-5-16(22,9-15)19(11)13-3-2-10(7-18)14(17)12(13)8-20/h2-3,11,20-22H,4-6,8-9H2,1H3/t11-,15+,16-/m1/s1. The van der Waals surface area contributed by atoms with Crippen LogP contribution >= 0.6 is 11.6 Å². The van der Waals surface area contributed by atoms with Gasteiger partial charge in [0.25, 0.3) is 0 Å². The number of fused-ring (bicyclic) bond motifs is 2. The summed E-state index contributed by atoms with van der Waals surface area (Å²) in [6, 6.07) is 5.31. The van der Waals surface area contributed by atoms with Gasteiger partial charge in [-0.25, -0.2) is 0 Å². The number of piperidine rings is 1. The summed E-state index contributed by atoms with van der Waals surface area (Å²) in [6.45, 7) is 1.44. The molecule has 0 spiro atoms. The van der Waals surface area contributed by atoms with E-state index in [-0.39, 0.29) is 24.1 Å². The molecule has 2 heterocycles. The van der Waals surface area contributed by atoms with Gasteiger partial charge in [-0.2, -0.15) is 5.26 Å². The number of anilines is 1. The van der Waals surface area contributed by atoms with Crippen LogP contribution in [0.4, 0.5) is 5.69 Å². The Bertz CT molecular complexity index is 656. The summed E-state index contributed by atoms with van der Waals surface area (Å²) in [6.07, 6.45) is 2.14. The number of halogens is 1. The molecule has 3 N–H and O–H groups in total. The maximum absolute atomic E-state index is 11.0. The molecule has 118 valence electrons. The second-order valence-corrected chi connectivity index (χ2v) is 7.00. The summed E-state index contributed by atoms with van der Waals surface area (Å²) in [7, 11) is 0. The first-order valence-corrected chi connectivity index (χ1v) is 7.75. The Balaban J connectivity index is 2.10. The molecule has 3 rings (SSSR count). The molecule has 2 aliphatic heterocycles. The van der Waals surface area contributed by atoms with E-state index >= 15 is 0 Å². The number of nitriles is 1. The zero-order valence-corrected chi connectivity index (χ0v) is 13.1. The first-order chi connectivity index (χ1) is 10.3. The van der Waals surface area contributed by atoms with E-state index < -0.39 is 11.3 Å². The maximum Gasteiger partial charge on any atom is 0.141 e. The average molecular weight is 323 g/mol. The van der Waals surface area contributed by atoms with Crippen molar-refractivity contribution < 1.29 is 15.3 Å². The van der Waals surface area contributed by atoms with Gasteiger partial charge in [0.2, 0.25) is 0 Å². The topological polar surface area (TPSA) is 87.7 Å².